The third-order valence-corrected chi connectivity index (χ3v) is 4.06. The first-order chi connectivity index (χ1) is 9.47. The van der Waals surface area contributed by atoms with Crippen molar-refractivity contribution < 1.29 is 14.3 Å². The van der Waals surface area contributed by atoms with Gasteiger partial charge in [-0.1, -0.05) is 23.2 Å². The van der Waals surface area contributed by atoms with Gasteiger partial charge in [-0.25, -0.2) is 0 Å². The van der Waals surface area contributed by atoms with Gasteiger partial charge in [-0.05, 0) is 12.1 Å². The molecule has 1 aromatic rings. The number of likely N-dealkylation sites (tertiary alicyclic amines) is 1. The van der Waals surface area contributed by atoms with Crippen molar-refractivity contribution in [3.8, 4) is 0 Å². The summed E-state index contributed by atoms with van der Waals surface area (Å²) in [5.74, 6) is -0.171. The first kappa shape index (κ1) is 15.4. The zero-order valence-electron chi connectivity index (χ0n) is 11.2. The molecule has 0 unspecified atom stereocenters. The van der Waals surface area contributed by atoms with Crippen LogP contribution < -0.4 is 5.73 Å². The number of rotatable bonds is 3. The van der Waals surface area contributed by atoms with Gasteiger partial charge in [0.2, 0.25) is 0 Å². The van der Waals surface area contributed by atoms with E-state index in [1.165, 1.54) is 12.1 Å². The van der Waals surface area contributed by atoms with Crippen molar-refractivity contribution in [3.63, 3.8) is 0 Å². The maximum atomic E-state index is 12.4. The SMILES string of the molecule is CO[C@H]1CN(C(=O)c2cc(Cl)c(N)c(Cl)c2)C[C@H]1OC. The number of amides is 1. The Hall–Kier alpha value is -1.01. The number of anilines is 1. The Morgan fingerprint density at radius 1 is 1.20 bits per heavy atom. The van der Waals surface area contributed by atoms with E-state index in [1.807, 2.05) is 0 Å². The van der Waals surface area contributed by atoms with Crippen LogP contribution in [0.25, 0.3) is 0 Å². The number of hydrogen-bond donors (Lipinski definition) is 1. The van der Waals surface area contributed by atoms with Crippen LogP contribution in [-0.4, -0.2) is 50.3 Å². The van der Waals surface area contributed by atoms with E-state index < -0.39 is 0 Å². The van der Waals surface area contributed by atoms with Crippen LogP contribution in [0.5, 0.6) is 0 Å². The molecule has 1 aliphatic heterocycles. The predicted octanol–water partition coefficient (Wildman–Crippen LogP) is 2.06. The van der Waals surface area contributed by atoms with Crippen molar-refractivity contribution in [3.05, 3.63) is 27.7 Å². The van der Waals surface area contributed by atoms with Gasteiger partial charge in [-0.2, -0.15) is 0 Å². The molecule has 0 radical (unpaired) electrons. The van der Waals surface area contributed by atoms with Gasteiger partial charge in [-0.15, -0.1) is 0 Å². The van der Waals surface area contributed by atoms with Crippen molar-refractivity contribution >= 4 is 34.8 Å². The molecule has 2 rings (SSSR count). The van der Waals surface area contributed by atoms with Crippen LogP contribution in [0.3, 0.4) is 0 Å². The van der Waals surface area contributed by atoms with Crippen molar-refractivity contribution in [1.82, 2.24) is 4.90 Å². The molecule has 2 N–H and O–H groups in total. The topological polar surface area (TPSA) is 64.8 Å². The molecule has 7 heteroatoms. The summed E-state index contributed by atoms with van der Waals surface area (Å²) < 4.78 is 10.6. The molecule has 1 aromatic carbocycles. The number of nitrogen functional groups attached to an aromatic ring is 1. The summed E-state index contributed by atoms with van der Waals surface area (Å²) in [5, 5.41) is 0.540. The van der Waals surface area contributed by atoms with Gasteiger partial charge in [0, 0.05) is 32.9 Å². The monoisotopic (exact) mass is 318 g/mol. The second-order valence-electron chi connectivity index (χ2n) is 4.61. The van der Waals surface area contributed by atoms with E-state index in [2.05, 4.69) is 0 Å². The first-order valence-corrected chi connectivity index (χ1v) is 6.83. The second kappa shape index (κ2) is 6.18. The van der Waals surface area contributed by atoms with Crippen LogP contribution in [0, 0.1) is 0 Å². The van der Waals surface area contributed by atoms with Crippen LogP contribution in [-0.2, 0) is 9.47 Å². The van der Waals surface area contributed by atoms with E-state index in [4.69, 9.17) is 38.4 Å². The van der Waals surface area contributed by atoms with Crippen molar-refractivity contribution in [2.75, 3.05) is 33.0 Å². The lowest BCUT2D eigenvalue weighted by Crippen LogP contribution is -2.30. The molecule has 5 nitrogen and oxygen atoms in total. The number of hydrogen-bond acceptors (Lipinski definition) is 4. The third-order valence-electron chi connectivity index (χ3n) is 3.43. The molecule has 1 saturated heterocycles. The fourth-order valence-corrected chi connectivity index (χ4v) is 2.74. The Kier molecular flexibility index (Phi) is 4.75. The normalized spacial score (nSPS) is 22.3. The van der Waals surface area contributed by atoms with Gasteiger partial charge < -0.3 is 20.1 Å². The zero-order valence-corrected chi connectivity index (χ0v) is 12.7. The van der Waals surface area contributed by atoms with E-state index in [9.17, 15) is 4.79 Å². The highest BCUT2D eigenvalue weighted by atomic mass is 35.5. The minimum absolute atomic E-state index is 0.135. The molecule has 0 aromatic heterocycles. The number of halogens is 2. The maximum absolute atomic E-state index is 12.4. The minimum atomic E-state index is -0.171. The highest BCUT2D eigenvalue weighted by Gasteiger charge is 2.36. The lowest BCUT2D eigenvalue weighted by Gasteiger charge is -2.16. The molecular formula is C13H16Cl2N2O3. The fraction of sp³-hybridized carbons (Fsp3) is 0.462. The average molecular weight is 319 g/mol. The lowest BCUT2D eigenvalue weighted by molar-refractivity contribution is -0.00461. The smallest absolute Gasteiger partial charge is 0.254 e. The van der Waals surface area contributed by atoms with Crippen molar-refractivity contribution in [2.45, 2.75) is 12.2 Å². The lowest BCUT2D eigenvalue weighted by atomic mass is 10.2. The highest BCUT2D eigenvalue weighted by Crippen LogP contribution is 2.30. The number of nitrogens with zero attached hydrogens (tertiary/aromatic N) is 1. The predicted molar refractivity (Wildman–Crippen MR) is 78.4 cm³/mol. The fourth-order valence-electron chi connectivity index (χ4n) is 2.25. The van der Waals surface area contributed by atoms with Crippen LogP contribution in [0.4, 0.5) is 5.69 Å². The molecular weight excluding hydrogens is 303 g/mol. The van der Waals surface area contributed by atoms with E-state index >= 15 is 0 Å². The minimum Gasteiger partial charge on any atom is -0.396 e. The van der Waals surface area contributed by atoms with Gasteiger partial charge in [0.05, 0.1) is 15.7 Å². The molecule has 0 aliphatic carbocycles. The van der Waals surface area contributed by atoms with Crippen molar-refractivity contribution in [2.24, 2.45) is 0 Å². The van der Waals surface area contributed by atoms with Crippen LogP contribution in [0.1, 0.15) is 10.4 Å². The summed E-state index contributed by atoms with van der Waals surface area (Å²) >= 11 is 11.9. The standard InChI is InChI=1S/C13H16Cl2N2O3/c1-19-10-5-17(6-11(10)20-2)13(18)7-3-8(14)12(16)9(15)4-7/h3-4,10-11H,5-6,16H2,1-2H3/t10-,11+. The van der Waals surface area contributed by atoms with Crippen LogP contribution in [0.2, 0.25) is 10.0 Å². The zero-order chi connectivity index (χ0) is 14.9. The average Bonchev–Trinajstić information content (AvgIpc) is 2.86. The van der Waals surface area contributed by atoms with E-state index in [-0.39, 0.29) is 33.8 Å². The van der Waals surface area contributed by atoms with E-state index in [0.717, 1.165) is 0 Å². The van der Waals surface area contributed by atoms with Gasteiger partial charge >= 0.3 is 0 Å². The summed E-state index contributed by atoms with van der Waals surface area (Å²) in [4.78, 5) is 14.1. The summed E-state index contributed by atoms with van der Waals surface area (Å²) in [5.41, 5.74) is 6.34. The van der Waals surface area contributed by atoms with E-state index in [1.54, 1.807) is 19.1 Å². The summed E-state index contributed by atoms with van der Waals surface area (Å²) in [6.07, 6.45) is -0.271. The van der Waals surface area contributed by atoms with Gasteiger partial charge in [-0.3, -0.25) is 4.79 Å². The Balaban J connectivity index is 2.20. The van der Waals surface area contributed by atoms with Gasteiger partial charge in [0.1, 0.15) is 12.2 Å². The number of nitrogens with two attached hydrogens (primary N) is 1. The molecule has 1 amide bonds. The number of ether oxygens (including phenoxy) is 2. The number of methoxy groups -OCH3 is 2. The molecule has 110 valence electrons. The van der Waals surface area contributed by atoms with Gasteiger partial charge in [0.15, 0.2) is 0 Å². The molecule has 1 aliphatic rings. The second-order valence-corrected chi connectivity index (χ2v) is 5.43. The number of benzene rings is 1. The van der Waals surface area contributed by atoms with Gasteiger partial charge in [0.25, 0.3) is 5.91 Å². The Bertz CT molecular complexity index is 489. The van der Waals surface area contributed by atoms with Crippen molar-refractivity contribution in [1.29, 1.82) is 0 Å². The highest BCUT2D eigenvalue weighted by molar-refractivity contribution is 6.39. The summed E-state index contributed by atoms with van der Waals surface area (Å²) in [6, 6.07) is 3.04. The summed E-state index contributed by atoms with van der Waals surface area (Å²) in [7, 11) is 3.20. The largest absolute Gasteiger partial charge is 0.396 e. The van der Waals surface area contributed by atoms with E-state index in [0.29, 0.717) is 18.7 Å². The summed E-state index contributed by atoms with van der Waals surface area (Å²) in [6.45, 7) is 0.931. The maximum Gasteiger partial charge on any atom is 0.254 e. The molecule has 1 fully saturated rings. The molecule has 2 atom stereocenters. The Labute approximate surface area is 127 Å². The molecule has 1 heterocycles. The van der Waals surface area contributed by atoms with Crippen LogP contribution >= 0.6 is 23.2 Å². The molecule has 0 spiro atoms. The third kappa shape index (κ3) is 2.86. The Morgan fingerprint density at radius 3 is 2.05 bits per heavy atom. The molecule has 0 saturated carbocycles. The number of carbonyl (C=O) groups excluding carboxylic acids is 1. The Morgan fingerprint density at radius 2 is 1.65 bits per heavy atom. The molecule has 0 bridgehead atoms. The quantitative estimate of drug-likeness (QED) is 0.866. The first-order valence-electron chi connectivity index (χ1n) is 6.07. The number of carbonyl (C=O) groups is 1. The van der Waals surface area contributed by atoms with Crippen LogP contribution in [0.15, 0.2) is 12.1 Å². The molecule has 20 heavy (non-hydrogen) atoms.